The van der Waals surface area contributed by atoms with Crippen molar-refractivity contribution >= 4 is 5.97 Å². The Bertz CT molecular complexity index is 652. The average molecular weight is 413 g/mol. The van der Waals surface area contributed by atoms with E-state index in [2.05, 4.69) is 20.8 Å². The number of carboxylic acids is 1. The van der Waals surface area contributed by atoms with Gasteiger partial charge in [0.1, 0.15) is 6.17 Å². The minimum atomic E-state index is -2.21. The third-order valence-corrected chi connectivity index (χ3v) is 10.2. The van der Waals surface area contributed by atoms with Crippen molar-refractivity contribution in [1.82, 2.24) is 0 Å². The van der Waals surface area contributed by atoms with Crippen LogP contribution in [0.1, 0.15) is 85.0 Å². The van der Waals surface area contributed by atoms with Crippen molar-refractivity contribution in [2.45, 2.75) is 97.0 Å². The van der Waals surface area contributed by atoms with Gasteiger partial charge in [0.05, 0.1) is 0 Å². The number of aliphatic hydroxyl groups is 1. The second kappa shape index (κ2) is 7.17. The Morgan fingerprint density at radius 3 is 2.45 bits per heavy atom. The zero-order valence-electron chi connectivity index (χ0n) is 18.2. The van der Waals surface area contributed by atoms with E-state index in [-0.39, 0.29) is 47.3 Å². The van der Waals surface area contributed by atoms with Gasteiger partial charge in [0, 0.05) is 18.8 Å². The Labute approximate surface area is 173 Å². The van der Waals surface area contributed by atoms with Crippen LogP contribution in [-0.4, -0.2) is 28.2 Å². The SMILES string of the molecule is CC(CCC(=O)O)C1CCC2C3C(CCC12C)C1(C)CCC(F)CC1CC3(O)F. The minimum absolute atomic E-state index is 0.0420. The maximum atomic E-state index is 15.8. The Morgan fingerprint density at radius 1 is 1.10 bits per heavy atom. The van der Waals surface area contributed by atoms with E-state index in [1.807, 2.05) is 0 Å². The third kappa shape index (κ3) is 3.34. The predicted octanol–water partition coefficient (Wildman–Crippen LogP) is 5.75. The maximum Gasteiger partial charge on any atom is 0.303 e. The highest BCUT2D eigenvalue weighted by Crippen LogP contribution is 2.70. The number of rotatable bonds is 4. The molecule has 29 heavy (non-hydrogen) atoms. The summed E-state index contributed by atoms with van der Waals surface area (Å²) in [5.41, 5.74) is -0.112. The molecule has 4 saturated carbocycles. The van der Waals surface area contributed by atoms with Crippen LogP contribution in [0.15, 0.2) is 0 Å². The molecule has 0 radical (unpaired) electrons. The van der Waals surface area contributed by atoms with Crippen molar-refractivity contribution < 1.29 is 23.8 Å². The first kappa shape index (κ1) is 21.5. The topological polar surface area (TPSA) is 57.5 Å². The van der Waals surface area contributed by atoms with Gasteiger partial charge in [0.25, 0.3) is 0 Å². The van der Waals surface area contributed by atoms with Crippen LogP contribution in [0.4, 0.5) is 8.78 Å². The summed E-state index contributed by atoms with van der Waals surface area (Å²) < 4.78 is 29.9. The Balaban J connectivity index is 1.60. The van der Waals surface area contributed by atoms with Crippen molar-refractivity contribution in [3.63, 3.8) is 0 Å². The first-order valence-corrected chi connectivity index (χ1v) is 11.8. The molecule has 0 saturated heterocycles. The minimum Gasteiger partial charge on any atom is -0.481 e. The molecule has 0 bridgehead atoms. The zero-order valence-corrected chi connectivity index (χ0v) is 18.2. The van der Waals surface area contributed by atoms with E-state index < -0.39 is 18.0 Å². The Hall–Kier alpha value is -0.710. The second-order valence-electron chi connectivity index (χ2n) is 11.5. The average Bonchev–Trinajstić information content (AvgIpc) is 2.98. The molecule has 4 aliphatic carbocycles. The van der Waals surface area contributed by atoms with Crippen LogP contribution in [0.2, 0.25) is 0 Å². The van der Waals surface area contributed by atoms with Gasteiger partial charge in [-0.3, -0.25) is 4.79 Å². The predicted molar refractivity (Wildman–Crippen MR) is 108 cm³/mol. The van der Waals surface area contributed by atoms with Gasteiger partial charge in [0.15, 0.2) is 0 Å². The molecule has 0 spiro atoms. The molecule has 0 aromatic carbocycles. The first-order valence-electron chi connectivity index (χ1n) is 11.8. The molecule has 3 nitrogen and oxygen atoms in total. The highest BCUT2D eigenvalue weighted by Gasteiger charge is 2.67. The fourth-order valence-corrected chi connectivity index (χ4v) is 8.68. The molecule has 166 valence electrons. The van der Waals surface area contributed by atoms with Gasteiger partial charge in [0.2, 0.25) is 5.85 Å². The van der Waals surface area contributed by atoms with Gasteiger partial charge >= 0.3 is 5.97 Å². The van der Waals surface area contributed by atoms with E-state index in [1.165, 1.54) is 0 Å². The standard InChI is InChI=1S/C24H38F2O3/c1-14(4-7-20(27)28)17-5-6-18-21-19(9-11-23(17,18)3)22(2)10-8-16(25)12-15(22)13-24(21,26)29/h14-19,21,29H,4-13H2,1-3H3,(H,27,28). The molecular weight excluding hydrogens is 374 g/mol. The highest BCUT2D eigenvalue weighted by molar-refractivity contribution is 5.66. The van der Waals surface area contributed by atoms with Gasteiger partial charge in [-0.15, -0.1) is 0 Å². The van der Waals surface area contributed by atoms with Crippen LogP contribution in [0.5, 0.6) is 0 Å². The van der Waals surface area contributed by atoms with E-state index in [4.69, 9.17) is 5.11 Å². The summed E-state index contributed by atoms with van der Waals surface area (Å²) in [7, 11) is 0. The van der Waals surface area contributed by atoms with Crippen molar-refractivity contribution in [1.29, 1.82) is 0 Å². The Kier molecular flexibility index (Phi) is 5.32. The number of alkyl halides is 2. The molecule has 10 atom stereocenters. The van der Waals surface area contributed by atoms with E-state index >= 15 is 4.39 Å². The van der Waals surface area contributed by atoms with Crippen molar-refractivity contribution in [2.24, 2.45) is 46.3 Å². The van der Waals surface area contributed by atoms with Crippen LogP contribution in [-0.2, 0) is 4.79 Å². The summed E-state index contributed by atoms with van der Waals surface area (Å²) in [5, 5.41) is 20.1. The summed E-state index contributed by atoms with van der Waals surface area (Å²) in [4.78, 5) is 11.0. The van der Waals surface area contributed by atoms with Crippen LogP contribution in [0, 0.1) is 46.3 Å². The highest BCUT2D eigenvalue weighted by atomic mass is 19.2. The molecule has 4 aliphatic rings. The third-order valence-electron chi connectivity index (χ3n) is 10.2. The first-order chi connectivity index (χ1) is 13.5. The molecule has 5 heteroatoms. The lowest BCUT2D eigenvalue weighted by Gasteiger charge is -2.63. The second-order valence-corrected chi connectivity index (χ2v) is 11.5. The summed E-state index contributed by atoms with van der Waals surface area (Å²) in [5.74, 6) is -2.47. The van der Waals surface area contributed by atoms with E-state index in [9.17, 15) is 14.3 Å². The molecule has 0 aliphatic heterocycles. The fourth-order valence-electron chi connectivity index (χ4n) is 8.68. The summed E-state index contributed by atoms with van der Waals surface area (Å²) >= 11 is 0. The molecule has 4 fully saturated rings. The number of aliphatic carboxylic acids is 1. The zero-order chi connectivity index (χ0) is 21.2. The van der Waals surface area contributed by atoms with E-state index in [0.717, 1.165) is 32.1 Å². The number of carboxylic acid groups (broad SMARTS) is 1. The van der Waals surface area contributed by atoms with Crippen LogP contribution in [0.25, 0.3) is 0 Å². The number of hydrogen-bond donors (Lipinski definition) is 2. The normalized spacial score (nSPS) is 52.9. The van der Waals surface area contributed by atoms with Gasteiger partial charge in [-0.05, 0) is 91.8 Å². The van der Waals surface area contributed by atoms with Crippen molar-refractivity contribution in [2.75, 3.05) is 0 Å². The van der Waals surface area contributed by atoms with Crippen LogP contribution < -0.4 is 0 Å². The molecule has 4 rings (SSSR count). The quantitative estimate of drug-likeness (QED) is 0.618. The molecule has 0 aromatic rings. The molecule has 0 aromatic heterocycles. The van der Waals surface area contributed by atoms with Crippen LogP contribution in [0.3, 0.4) is 0 Å². The molecule has 2 N–H and O–H groups in total. The van der Waals surface area contributed by atoms with E-state index in [1.54, 1.807) is 0 Å². The van der Waals surface area contributed by atoms with Crippen molar-refractivity contribution in [3.05, 3.63) is 0 Å². The van der Waals surface area contributed by atoms with Gasteiger partial charge in [-0.25, -0.2) is 8.78 Å². The number of fused-ring (bicyclic) bond motifs is 5. The number of carbonyl (C=O) groups is 1. The monoisotopic (exact) mass is 412 g/mol. The lowest BCUT2D eigenvalue weighted by Crippen LogP contribution is -2.62. The molecular formula is C24H38F2O3. The lowest BCUT2D eigenvalue weighted by molar-refractivity contribution is -0.269. The molecule has 10 unspecified atom stereocenters. The largest absolute Gasteiger partial charge is 0.481 e. The Morgan fingerprint density at radius 2 is 1.76 bits per heavy atom. The number of hydrogen-bond acceptors (Lipinski definition) is 2. The fraction of sp³-hybridized carbons (Fsp3) is 0.958. The summed E-state index contributed by atoms with van der Waals surface area (Å²) in [6.07, 6.45) is 5.64. The van der Waals surface area contributed by atoms with Gasteiger partial charge in [-0.1, -0.05) is 20.8 Å². The maximum absolute atomic E-state index is 15.8. The van der Waals surface area contributed by atoms with Gasteiger partial charge in [-0.2, -0.15) is 0 Å². The summed E-state index contributed by atoms with van der Waals surface area (Å²) in [6, 6.07) is 0. The number of halogens is 2. The van der Waals surface area contributed by atoms with Gasteiger partial charge < -0.3 is 10.2 Å². The van der Waals surface area contributed by atoms with Crippen molar-refractivity contribution in [3.8, 4) is 0 Å². The lowest BCUT2D eigenvalue weighted by atomic mass is 9.43. The summed E-state index contributed by atoms with van der Waals surface area (Å²) in [6.45, 7) is 6.66. The molecule has 0 amide bonds. The van der Waals surface area contributed by atoms with Crippen LogP contribution >= 0.6 is 0 Å². The molecule has 0 heterocycles. The van der Waals surface area contributed by atoms with E-state index in [0.29, 0.717) is 31.1 Å². The smallest absolute Gasteiger partial charge is 0.303 e.